The molecule has 0 aliphatic carbocycles. The van der Waals surface area contributed by atoms with Crippen molar-refractivity contribution in [3.63, 3.8) is 0 Å². The van der Waals surface area contributed by atoms with Crippen LogP contribution in [0.4, 0.5) is 10.7 Å². The number of ether oxygens (including phenoxy) is 1. The maximum Gasteiger partial charge on any atom is 0.271 e. The normalized spacial score (nSPS) is 11.4. The molecule has 0 aliphatic rings. The van der Waals surface area contributed by atoms with Gasteiger partial charge in [-0.15, -0.1) is 0 Å². The number of benzene rings is 4. The summed E-state index contributed by atoms with van der Waals surface area (Å²) >= 11 is 1.19. The van der Waals surface area contributed by atoms with E-state index in [9.17, 15) is 4.79 Å². The van der Waals surface area contributed by atoms with E-state index in [1.54, 1.807) is 0 Å². The monoisotopic (exact) mass is 506 g/mol. The lowest BCUT2D eigenvalue weighted by atomic mass is 9.91. The van der Waals surface area contributed by atoms with Crippen LogP contribution in [0, 0.1) is 0 Å². The topological polar surface area (TPSA) is 92.5 Å². The number of aromatic amines is 1. The van der Waals surface area contributed by atoms with Crippen LogP contribution in [-0.4, -0.2) is 16.8 Å². The summed E-state index contributed by atoms with van der Waals surface area (Å²) in [5.74, 6) is 1.70. The Morgan fingerprint density at radius 1 is 0.811 bits per heavy atom. The summed E-state index contributed by atoms with van der Waals surface area (Å²) in [5.41, 5.74) is 9.54. The quantitative estimate of drug-likeness (QED) is 0.157. The molecule has 0 aliphatic heterocycles. The van der Waals surface area contributed by atoms with Crippen molar-refractivity contribution in [3.8, 4) is 11.5 Å². The minimum absolute atomic E-state index is 0.0206. The number of rotatable bonds is 9. The molecule has 184 valence electrons. The van der Waals surface area contributed by atoms with Crippen molar-refractivity contribution in [1.82, 2.24) is 4.37 Å². The Labute approximate surface area is 219 Å². The van der Waals surface area contributed by atoms with Crippen LogP contribution in [0.2, 0.25) is 0 Å². The third-order valence-corrected chi connectivity index (χ3v) is 6.69. The summed E-state index contributed by atoms with van der Waals surface area (Å²) in [6, 6.07) is 37.5. The van der Waals surface area contributed by atoms with E-state index in [-0.39, 0.29) is 17.3 Å². The smallest absolute Gasteiger partial charge is 0.271 e. The first kappa shape index (κ1) is 24.1. The molecule has 0 amide bonds. The van der Waals surface area contributed by atoms with Gasteiger partial charge in [0.05, 0.1) is 6.54 Å². The molecule has 0 bridgehead atoms. The van der Waals surface area contributed by atoms with E-state index in [4.69, 9.17) is 10.5 Å². The molecule has 1 heterocycles. The third kappa shape index (κ3) is 5.97. The van der Waals surface area contributed by atoms with E-state index in [0.29, 0.717) is 22.9 Å². The predicted octanol–water partition coefficient (Wildman–Crippen LogP) is 6.51. The number of para-hydroxylation sites is 1. The summed E-state index contributed by atoms with van der Waals surface area (Å²) in [4.78, 5) is 17.3. The molecule has 37 heavy (non-hydrogen) atoms. The molecule has 4 N–H and O–H groups in total. The van der Waals surface area contributed by atoms with Crippen LogP contribution in [0.3, 0.4) is 0 Å². The molecule has 5 rings (SSSR count). The number of amidine groups is 1. The van der Waals surface area contributed by atoms with Gasteiger partial charge in [0.2, 0.25) is 0 Å². The number of nitrogens with one attached hydrogen (secondary N) is 2. The van der Waals surface area contributed by atoms with Crippen molar-refractivity contribution in [2.24, 2.45) is 10.7 Å². The van der Waals surface area contributed by atoms with Crippen LogP contribution < -0.4 is 21.3 Å². The van der Waals surface area contributed by atoms with Gasteiger partial charge in [0.15, 0.2) is 0 Å². The van der Waals surface area contributed by atoms with Crippen LogP contribution >= 0.6 is 11.5 Å². The number of aromatic nitrogens is 1. The highest BCUT2D eigenvalue weighted by molar-refractivity contribution is 7.10. The van der Waals surface area contributed by atoms with E-state index in [1.807, 2.05) is 91.0 Å². The number of hydrogen-bond donors (Lipinski definition) is 3. The van der Waals surface area contributed by atoms with Gasteiger partial charge in [-0.1, -0.05) is 78.9 Å². The largest absolute Gasteiger partial charge is 0.457 e. The first-order valence-corrected chi connectivity index (χ1v) is 12.7. The van der Waals surface area contributed by atoms with Crippen molar-refractivity contribution in [2.75, 3.05) is 11.9 Å². The molecule has 0 unspecified atom stereocenters. The van der Waals surface area contributed by atoms with Crippen molar-refractivity contribution in [2.45, 2.75) is 5.92 Å². The van der Waals surface area contributed by atoms with Crippen molar-refractivity contribution in [3.05, 3.63) is 142 Å². The number of nitrogens with zero attached hydrogens (tertiary/aromatic N) is 1. The lowest BCUT2D eigenvalue weighted by molar-refractivity contribution is 0.483. The van der Waals surface area contributed by atoms with E-state index < -0.39 is 0 Å². The van der Waals surface area contributed by atoms with Crippen LogP contribution in [0.25, 0.3) is 0 Å². The number of anilines is 2. The zero-order chi connectivity index (χ0) is 25.5. The van der Waals surface area contributed by atoms with Gasteiger partial charge in [0.25, 0.3) is 5.56 Å². The Morgan fingerprint density at radius 2 is 1.35 bits per heavy atom. The van der Waals surface area contributed by atoms with E-state index >= 15 is 0 Å². The van der Waals surface area contributed by atoms with Crippen LogP contribution in [0.1, 0.15) is 22.6 Å². The van der Waals surface area contributed by atoms with Gasteiger partial charge in [-0.3, -0.25) is 14.2 Å². The minimum Gasteiger partial charge on any atom is -0.457 e. The molecule has 0 spiro atoms. The van der Waals surface area contributed by atoms with Crippen LogP contribution in [0.15, 0.2) is 125 Å². The van der Waals surface area contributed by atoms with Gasteiger partial charge in [0.1, 0.15) is 27.9 Å². The van der Waals surface area contributed by atoms with E-state index in [0.717, 1.165) is 22.6 Å². The average Bonchev–Trinajstić information content (AvgIpc) is 3.31. The van der Waals surface area contributed by atoms with Crippen molar-refractivity contribution in [1.29, 1.82) is 0 Å². The molecule has 0 atom stereocenters. The highest BCUT2D eigenvalue weighted by atomic mass is 32.1. The molecule has 0 radical (unpaired) electrons. The highest BCUT2D eigenvalue weighted by Gasteiger charge is 2.18. The molecule has 0 fully saturated rings. The molecule has 6 nitrogen and oxygen atoms in total. The number of H-pyrrole nitrogens is 1. The van der Waals surface area contributed by atoms with Crippen LogP contribution in [-0.2, 0) is 0 Å². The van der Waals surface area contributed by atoms with Gasteiger partial charge in [-0.05, 0) is 59.1 Å². The fraction of sp³-hybridized carbons (Fsp3) is 0.0667. The first-order valence-electron chi connectivity index (χ1n) is 11.9. The average molecular weight is 507 g/mol. The summed E-state index contributed by atoms with van der Waals surface area (Å²) in [5, 5.41) is 3.90. The molecular formula is C30H26N4O2S. The second-order valence-corrected chi connectivity index (χ2v) is 9.22. The molecule has 1 aromatic heterocycles. The van der Waals surface area contributed by atoms with E-state index in [2.05, 4.69) is 38.9 Å². The lowest BCUT2D eigenvalue weighted by Gasteiger charge is -2.16. The zero-order valence-corrected chi connectivity index (χ0v) is 20.8. The summed E-state index contributed by atoms with van der Waals surface area (Å²) in [6.07, 6.45) is 0. The Hall–Kier alpha value is -4.62. The lowest BCUT2D eigenvalue weighted by Crippen LogP contribution is -2.23. The molecule has 7 heteroatoms. The molecule has 0 saturated heterocycles. The van der Waals surface area contributed by atoms with Crippen LogP contribution in [0.5, 0.6) is 11.5 Å². The standard InChI is InChI=1S/C30H26N4O2S/c31-28(32-20-26(21-10-4-1-5-11-21)22-12-6-2-7-13-22)27-29(35)34-37-30(27)33-23-16-18-25(19-17-23)36-24-14-8-3-9-15-24/h1-19,26,33H,20H2,(H2,31,32)(H,34,35). The maximum absolute atomic E-state index is 12.6. The highest BCUT2D eigenvalue weighted by Crippen LogP contribution is 2.28. The molecular weight excluding hydrogens is 480 g/mol. The zero-order valence-electron chi connectivity index (χ0n) is 20.0. The maximum atomic E-state index is 12.6. The first-order chi connectivity index (χ1) is 18.2. The fourth-order valence-corrected chi connectivity index (χ4v) is 4.79. The van der Waals surface area contributed by atoms with Gasteiger partial charge in [-0.2, -0.15) is 0 Å². The second kappa shape index (κ2) is 11.4. The molecule has 0 saturated carbocycles. The Balaban J connectivity index is 1.34. The fourth-order valence-electron chi connectivity index (χ4n) is 4.03. The third-order valence-electron chi connectivity index (χ3n) is 5.90. The number of nitrogens with two attached hydrogens (primary N) is 1. The summed E-state index contributed by atoms with van der Waals surface area (Å²) in [6.45, 7) is 0.417. The SMILES string of the molecule is NC(=NCC(c1ccccc1)c1ccccc1)c1c(Nc2ccc(Oc3ccccc3)cc2)s[nH]c1=O. The second-order valence-electron chi connectivity index (χ2n) is 8.40. The van der Waals surface area contributed by atoms with Gasteiger partial charge >= 0.3 is 0 Å². The predicted molar refractivity (Wildman–Crippen MR) is 151 cm³/mol. The Morgan fingerprint density at radius 3 is 1.95 bits per heavy atom. The summed E-state index contributed by atoms with van der Waals surface area (Å²) in [7, 11) is 0. The van der Waals surface area contributed by atoms with Gasteiger partial charge in [0, 0.05) is 11.6 Å². The van der Waals surface area contributed by atoms with Gasteiger partial charge < -0.3 is 15.8 Å². The van der Waals surface area contributed by atoms with Crippen molar-refractivity contribution < 1.29 is 4.74 Å². The van der Waals surface area contributed by atoms with Gasteiger partial charge in [-0.25, -0.2) is 0 Å². The molecule has 5 aromatic rings. The van der Waals surface area contributed by atoms with E-state index in [1.165, 1.54) is 11.5 Å². The Bertz CT molecular complexity index is 1470. The number of hydrogen-bond acceptors (Lipinski definition) is 5. The number of aliphatic imine (C=N–C) groups is 1. The molecule has 4 aromatic carbocycles. The minimum atomic E-state index is -0.270. The summed E-state index contributed by atoms with van der Waals surface area (Å²) < 4.78 is 8.63. The Kier molecular flexibility index (Phi) is 7.43. The van der Waals surface area contributed by atoms with Crippen molar-refractivity contribution >= 4 is 28.1 Å².